The fourth-order valence-electron chi connectivity index (χ4n) is 2.40. The molecule has 0 N–H and O–H groups in total. The molecule has 0 fully saturated rings. The summed E-state index contributed by atoms with van der Waals surface area (Å²) in [5.41, 5.74) is 1.24. The molecule has 6 nitrogen and oxygen atoms in total. The molecule has 1 aromatic heterocycles. The maximum absolute atomic E-state index is 13.8. The Bertz CT molecular complexity index is 638. The summed E-state index contributed by atoms with van der Waals surface area (Å²) in [6, 6.07) is 6.88. The number of hydrogen-bond donors (Lipinski definition) is 0. The number of nitrogens with zero attached hydrogens (tertiary/aromatic N) is 2. The van der Waals surface area contributed by atoms with E-state index in [2.05, 4.69) is 0 Å². The highest BCUT2D eigenvalue weighted by Gasteiger charge is 2.49. The Morgan fingerprint density at radius 1 is 1.12 bits per heavy atom. The number of imidazole rings is 1. The first kappa shape index (κ1) is 20.6. The maximum Gasteiger partial charge on any atom is 0.431 e. The average Bonchev–Trinajstić information content (AvgIpc) is 2.76. The summed E-state index contributed by atoms with van der Waals surface area (Å²) < 4.78 is 88.6. The van der Waals surface area contributed by atoms with E-state index in [4.69, 9.17) is 18.6 Å². The molecule has 1 aromatic carbocycles. The molecule has 1 heterocycles. The molecule has 0 spiro atoms. The second-order valence-electron chi connectivity index (χ2n) is 4.62. The molecule has 1 unspecified atom stereocenters. The van der Waals surface area contributed by atoms with Gasteiger partial charge in [0.05, 0.1) is 13.1 Å². The first-order valence-corrected chi connectivity index (χ1v) is 7.98. The standard InChI is InChI=1S/C13H15F4N2.ClHO4/c1-3-18-9-7-5-6-8-10(9)19(4-2)12(18)11(14)13(15,16)17;2-1(3,4)5/h5-8,11H,3-4H2,1-2H3;(H,2,3,4,5)/q+1;/p-1. The number of para-hydroxylation sites is 2. The third kappa shape index (κ3) is 5.02. The molecular weight excluding hydrogens is 360 g/mol. The molecule has 2 rings (SSSR count). The highest BCUT2D eigenvalue weighted by Crippen LogP contribution is 2.36. The Labute approximate surface area is 136 Å². The van der Waals surface area contributed by atoms with Gasteiger partial charge in [-0.15, -0.1) is 10.2 Å². The van der Waals surface area contributed by atoms with E-state index >= 15 is 0 Å². The van der Waals surface area contributed by atoms with Crippen molar-refractivity contribution < 1.29 is 51.0 Å². The minimum absolute atomic E-state index is 0.291. The number of rotatable bonds is 3. The van der Waals surface area contributed by atoms with E-state index < -0.39 is 22.6 Å². The lowest BCUT2D eigenvalue weighted by molar-refractivity contribution is -2.00. The lowest BCUT2D eigenvalue weighted by Gasteiger charge is -2.17. The van der Waals surface area contributed by atoms with Crippen LogP contribution in [-0.2, 0) is 13.1 Å². The molecule has 0 saturated heterocycles. The summed E-state index contributed by atoms with van der Waals surface area (Å²) in [5.74, 6) is -0.335. The Hall–Kier alpha value is -1.46. The first-order valence-electron chi connectivity index (χ1n) is 6.75. The zero-order valence-electron chi connectivity index (χ0n) is 12.7. The lowest BCUT2D eigenvalue weighted by Crippen LogP contribution is -2.68. The van der Waals surface area contributed by atoms with Gasteiger partial charge in [-0.25, -0.2) is 32.2 Å². The van der Waals surface area contributed by atoms with Crippen molar-refractivity contribution >= 4 is 11.0 Å². The van der Waals surface area contributed by atoms with Crippen LogP contribution in [0.25, 0.3) is 11.0 Å². The monoisotopic (exact) mass is 374 g/mol. The number of aromatic nitrogens is 2. The van der Waals surface area contributed by atoms with E-state index in [-0.39, 0.29) is 5.82 Å². The molecule has 11 heteroatoms. The van der Waals surface area contributed by atoms with Crippen LogP contribution < -0.4 is 23.2 Å². The highest BCUT2D eigenvalue weighted by atomic mass is 35.7. The third-order valence-electron chi connectivity index (χ3n) is 3.16. The van der Waals surface area contributed by atoms with Crippen molar-refractivity contribution in [3.05, 3.63) is 30.1 Å². The number of hydrogen-bond acceptors (Lipinski definition) is 4. The largest absolute Gasteiger partial charge is 0.431 e. The van der Waals surface area contributed by atoms with Crippen LogP contribution in [0.1, 0.15) is 25.8 Å². The summed E-state index contributed by atoms with van der Waals surface area (Å²) in [7, 11) is -4.94. The molecule has 0 bridgehead atoms. The van der Waals surface area contributed by atoms with Crippen LogP contribution in [0.4, 0.5) is 17.6 Å². The van der Waals surface area contributed by atoms with Crippen LogP contribution in [0.5, 0.6) is 0 Å². The molecule has 24 heavy (non-hydrogen) atoms. The number of aryl methyl sites for hydroxylation is 2. The van der Waals surface area contributed by atoms with Crippen LogP contribution in [0.2, 0.25) is 0 Å². The molecule has 0 saturated carbocycles. The summed E-state index contributed by atoms with van der Waals surface area (Å²) >= 11 is 0. The van der Waals surface area contributed by atoms with Gasteiger partial charge in [0.25, 0.3) is 6.17 Å². The van der Waals surface area contributed by atoms with Crippen molar-refractivity contribution in [3.63, 3.8) is 0 Å². The van der Waals surface area contributed by atoms with E-state index in [0.717, 1.165) is 0 Å². The molecular formula is C13H15ClF4N2O4. The van der Waals surface area contributed by atoms with E-state index in [1.54, 1.807) is 38.1 Å². The van der Waals surface area contributed by atoms with Crippen molar-refractivity contribution in [1.29, 1.82) is 0 Å². The molecule has 0 aliphatic heterocycles. The van der Waals surface area contributed by atoms with Crippen molar-refractivity contribution in [2.24, 2.45) is 0 Å². The minimum atomic E-state index is -4.94. The molecule has 136 valence electrons. The predicted octanol–water partition coefficient (Wildman–Crippen LogP) is -1.21. The van der Waals surface area contributed by atoms with Gasteiger partial charge in [-0.05, 0) is 26.0 Å². The van der Waals surface area contributed by atoms with Crippen LogP contribution in [0, 0.1) is 10.2 Å². The summed E-state index contributed by atoms with van der Waals surface area (Å²) in [6.07, 6.45) is -7.86. The lowest BCUT2D eigenvalue weighted by atomic mass is 10.3. The highest BCUT2D eigenvalue weighted by molar-refractivity contribution is 5.72. The summed E-state index contributed by atoms with van der Waals surface area (Å²) in [4.78, 5) is 0. The zero-order valence-corrected chi connectivity index (χ0v) is 13.5. The van der Waals surface area contributed by atoms with E-state index in [9.17, 15) is 17.6 Å². The SMILES string of the molecule is CCn1c(C(F)C(F)(F)F)[n+](CC)c2ccccc21.[O-][Cl+3]([O-])([O-])[O-]. The number of benzene rings is 1. The van der Waals surface area contributed by atoms with Gasteiger partial charge in [0.1, 0.15) is 0 Å². The van der Waals surface area contributed by atoms with Gasteiger partial charge >= 0.3 is 12.0 Å². The average molecular weight is 375 g/mol. The van der Waals surface area contributed by atoms with Gasteiger partial charge in [-0.2, -0.15) is 13.2 Å². The van der Waals surface area contributed by atoms with Gasteiger partial charge in [-0.1, -0.05) is 12.1 Å². The van der Waals surface area contributed by atoms with Gasteiger partial charge < -0.3 is 0 Å². The van der Waals surface area contributed by atoms with Crippen molar-refractivity contribution in [2.75, 3.05) is 0 Å². The Balaban J connectivity index is 0.000000505. The van der Waals surface area contributed by atoms with Gasteiger partial charge in [0, 0.05) is 0 Å². The fraction of sp³-hybridized carbons (Fsp3) is 0.462. The van der Waals surface area contributed by atoms with Crippen LogP contribution in [-0.4, -0.2) is 10.7 Å². The van der Waals surface area contributed by atoms with E-state index in [1.165, 1.54) is 9.13 Å². The zero-order chi connectivity index (χ0) is 18.7. The first-order chi connectivity index (χ1) is 10.9. The van der Waals surface area contributed by atoms with Gasteiger partial charge in [0.2, 0.25) is 0 Å². The number of halogens is 5. The van der Waals surface area contributed by atoms with E-state index in [0.29, 0.717) is 24.1 Å². The summed E-state index contributed by atoms with van der Waals surface area (Å²) in [5, 5.41) is 0. The topological polar surface area (TPSA) is 101 Å². The Morgan fingerprint density at radius 2 is 1.62 bits per heavy atom. The van der Waals surface area contributed by atoms with Gasteiger partial charge in [-0.3, -0.25) is 0 Å². The van der Waals surface area contributed by atoms with Crippen molar-refractivity contribution in [3.8, 4) is 0 Å². The minimum Gasteiger partial charge on any atom is -0.225 e. The summed E-state index contributed by atoms with van der Waals surface area (Å²) in [6.45, 7) is 4.00. The predicted molar refractivity (Wildman–Crippen MR) is 63.4 cm³/mol. The quantitative estimate of drug-likeness (QED) is 0.496. The molecule has 2 aromatic rings. The van der Waals surface area contributed by atoms with Crippen LogP contribution >= 0.6 is 0 Å². The second kappa shape index (κ2) is 7.62. The van der Waals surface area contributed by atoms with Gasteiger partial charge in [0.15, 0.2) is 11.0 Å². The Morgan fingerprint density at radius 3 is 2.04 bits per heavy atom. The van der Waals surface area contributed by atoms with Crippen LogP contribution in [0.15, 0.2) is 24.3 Å². The maximum atomic E-state index is 13.8. The number of alkyl halides is 4. The van der Waals surface area contributed by atoms with E-state index in [1.807, 2.05) is 0 Å². The Kier molecular flexibility index (Phi) is 6.53. The molecule has 0 aliphatic carbocycles. The molecule has 0 aliphatic rings. The third-order valence-corrected chi connectivity index (χ3v) is 3.16. The molecule has 1 atom stereocenters. The van der Waals surface area contributed by atoms with Crippen molar-refractivity contribution in [2.45, 2.75) is 39.3 Å². The van der Waals surface area contributed by atoms with Crippen LogP contribution in [0.3, 0.4) is 0 Å². The smallest absolute Gasteiger partial charge is 0.225 e. The van der Waals surface area contributed by atoms with Crippen molar-refractivity contribution in [1.82, 2.24) is 4.57 Å². The molecule has 0 radical (unpaired) electrons. The second-order valence-corrected chi connectivity index (χ2v) is 5.37. The molecule has 0 amide bonds. The number of fused-ring (bicyclic) bond motifs is 1. The fourth-order valence-corrected chi connectivity index (χ4v) is 2.40. The normalized spacial score (nSPS) is 13.6.